The van der Waals surface area contributed by atoms with E-state index in [0.29, 0.717) is 11.4 Å². The lowest BCUT2D eigenvalue weighted by Crippen LogP contribution is -2.31. The molecule has 0 aliphatic heterocycles. The molecular weight excluding hydrogens is 344 g/mol. The van der Waals surface area contributed by atoms with Gasteiger partial charge in [0.25, 0.3) is 0 Å². The fourth-order valence-electron chi connectivity index (χ4n) is 2.53. The fraction of sp³-hybridized carbons (Fsp3) is 0.190. The van der Waals surface area contributed by atoms with Crippen LogP contribution in [0.1, 0.15) is 25.6 Å². The number of carbonyl (C=O) groups excluding carboxylic acids is 1. The Labute approximate surface area is 157 Å². The van der Waals surface area contributed by atoms with Crippen LogP contribution < -0.4 is 15.4 Å². The summed E-state index contributed by atoms with van der Waals surface area (Å²) >= 11 is 1.63. The van der Waals surface area contributed by atoms with Crippen molar-refractivity contribution < 1.29 is 9.53 Å². The zero-order chi connectivity index (χ0) is 18.7. The molecule has 0 saturated heterocycles. The second-order valence-electron chi connectivity index (χ2n) is 7.00. The van der Waals surface area contributed by atoms with Gasteiger partial charge in [-0.25, -0.2) is 4.79 Å². The fourth-order valence-corrected chi connectivity index (χ4v) is 3.49. The summed E-state index contributed by atoms with van der Waals surface area (Å²) in [6.45, 7) is 6.44. The number of urea groups is 1. The van der Waals surface area contributed by atoms with Crippen LogP contribution in [0, 0.1) is 0 Å². The Morgan fingerprint density at radius 1 is 0.962 bits per heavy atom. The number of ether oxygens (including phenoxy) is 1. The third-order valence-corrected chi connectivity index (χ3v) is 5.22. The summed E-state index contributed by atoms with van der Waals surface area (Å²) in [6, 6.07) is 18.4. The largest absolute Gasteiger partial charge is 0.457 e. The first-order chi connectivity index (χ1) is 12.3. The SMILES string of the molecule is CC(C)(C)c1cc(N(C(N)=O)c2ccc(Oc3ccccc3)cc2)cs1. The van der Waals surface area contributed by atoms with Gasteiger partial charge in [-0.15, -0.1) is 11.3 Å². The summed E-state index contributed by atoms with van der Waals surface area (Å²) in [4.78, 5) is 14.8. The van der Waals surface area contributed by atoms with Gasteiger partial charge in [0.1, 0.15) is 11.5 Å². The second-order valence-corrected chi connectivity index (χ2v) is 7.91. The van der Waals surface area contributed by atoms with E-state index >= 15 is 0 Å². The minimum Gasteiger partial charge on any atom is -0.457 e. The number of primary amides is 1. The molecule has 0 unspecified atom stereocenters. The van der Waals surface area contributed by atoms with Crippen LogP contribution in [0.2, 0.25) is 0 Å². The summed E-state index contributed by atoms with van der Waals surface area (Å²) in [6.07, 6.45) is 0. The van der Waals surface area contributed by atoms with Crippen LogP contribution in [0.5, 0.6) is 11.5 Å². The number of anilines is 2. The maximum atomic E-state index is 12.1. The number of nitrogens with zero attached hydrogens (tertiary/aromatic N) is 1. The molecule has 0 fully saturated rings. The average molecular weight is 366 g/mol. The normalized spacial score (nSPS) is 11.2. The molecule has 0 aliphatic carbocycles. The lowest BCUT2D eigenvalue weighted by molar-refractivity contribution is 0.256. The summed E-state index contributed by atoms with van der Waals surface area (Å²) in [5.74, 6) is 1.46. The van der Waals surface area contributed by atoms with Gasteiger partial charge < -0.3 is 10.5 Å². The van der Waals surface area contributed by atoms with Crippen LogP contribution in [0.3, 0.4) is 0 Å². The lowest BCUT2D eigenvalue weighted by Gasteiger charge is -2.20. The molecule has 3 aromatic rings. The van der Waals surface area contributed by atoms with Crippen molar-refractivity contribution in [3.63, 3.8) is 0 Å². The van der Waals surface area contributed by atoms with Gasteiger partial charge in [0, 0.05) is 10.3 Å². The molecule has 0 spiro atoms. The first-order valence-electron chi connectivity index (χ1n) is 8.36. The maximum absolute atomic E-state index is 12.1. The van der Waals surface area contributed by atoms with Crippen molar-refractivity contribution in [3.8, 4) is 11.5 Å². The van der Waals surface area contributed by atoms with E-state index in [2.05, 4.69) is 20.8 Å². The Hall–Kier alpha value is -2.79. The topological polar surface area (TPSA) is 55.6 Å². The van der Waals surface area contributed by atoms with Crippen LogP contribution >= 0.6 is 11.3 Å². The zero-order valence-electron chi connectivity index (χ0n) is 15.1. The molecule has 0 atom stereocenters. The molecule has 1 aromatic heterocycles. The van der Waals surface area contributed by atoms with Gasteiger partial charge in [-0.05, 0) is 47.9 Å². The van der Waals surface area contributed by atoms with Gasteiger partial charge in [0.2, 0.25) is 0 Å². The molecule has 26 heavy (non-hydrogen) atoms. The Morgan fingerprint density at radius 2 is 1.58 bits per heavy atom. The van der Waals surface area contributed by atoms with Crippen LogP contribution in [0.4, 0.5) is 16.2 Å². The molecule has 4 nitrogen and oxygen atoms in total. The third kappa shape index (κ3) is 4.06. The van der Waals surface area contributed by atoms with Gasteiger partial charge in [0.05, 0.1) is 11.4 Å². The Morgan fingerprint density at radius 3 is 2.12 bits per heavy atom. The molecule has 2 amide bonds. The van der Waals surface area contributed by atoms with E-state index in [9.17, 15) is 4.79 Å². The number of hydrogen-bond donors (Lipinski definition) is 1. The minimum atomic E-state index is -0.514. The van der Waals surface area contributed by atoms with Crippen molar-refractivity contribution in [1.29, 1.82) is 0 Å². The molecule has 3 rings (SSSR count). The molecule has 0 aliphatic rings. The Balaban J connectivity index is 1.85. The molecule has 134 valence electrons. The average Bonchev–Trinajstić information content (AvgIpc) is 3.07. The van der Waals surface area contributed by atoms with E-state index in [-0.39, 0.29) is 5.41 Å². The highest BCUT2D eigenvalue weighted by Crippen LogP contribution is 2.36. The van der Waals surface area contributed by atoms with Gasteiger partial charge in [-0.2, -0.15) is 0 Å². The van der Waals surface area contributed by atoms with Gasteiger partial charge in [-0.1, -0.05) is 39.0 Å². The minimum absolute atomic E-state index is 0.0274. The zero-order valence-corrected chi connectivity index (χ0v) is 15.9. The van der Waals surface area contributed by atoms with E-state index in [0.717, 1.165) is 11.4 Å². The number of rotatable bonds is 4. The quantitative estimate of drug-likeness (QED) is 0.610. The lowest BCUT2D eigenvalue weighted by atomic mass is 9.94. The summed E-state index contributed by atoms with van der Waals surface area (Å²) < 4.78 is 5.80. The molecule has 2 N–H and O–H groups in total. The summed E-state index contributed by atoms with van der Waals surface area (Å²) in [5.41, 5.74) is 7.15. The highest BCUT2D eigenvalue weighted by Gasteiger charge is 2.21. The van der Waals surface area contributed by atoms with Crippen molar-refractivity contribution >= 4 is 28.7 Å². The summed E-state index contributed by atoms with van der Waals surface area (Å²) in [5, 5.41) is 1.96. The van der Waals surface area contributed by atoms with Crippen molar-refractivity contribution in [2.75, 3.05) is 4.90 Å². The van der Waals surface area contributed by atoms with Gasteiger partial charge >= 0.3 is 6.03 Å². The van der Waals surface area contributed by atoms with Crippen molar-refractivity contribution in [3.05, 3.63) is 70.9 Å². The van der Waals surface area contributed by atoms with Gasteiger partial charge in [0.15, 0.2) is 0 Å². The van der Waals surface area contributed by atoms with E-state index in [4.69, 9.17) is 10.5 Å². The first-order valence-corrected chi connectivity index (χ1v) is 9.24. The molecular formula is C21H22N2O2S. The number of amides is 2. The number of hydrogen-bond acceptors (Lipinski definition) is 3. The van der Waals surface area contributed by atoms with E-state index in [1.165, 1.54) is 9.78 Å². The first kappa shape index (κ1) is 18.0. The van der Waals surface area contributed by atoms with E-state index < -0.39 is 6.03 Å². The number of nitrogens with two attached hydrogens (primary N) is 1. The highest BCUT2D eigenvalue weighted by atomic mass is 32.1. The molecule has 0 radical (unpaired) electrons. The molecule has 5 heteroatoms. The third-order valence-electron chi connectivity index (χ3n) is 3.88. The molecule has 0 bridgehead atoms. The van der Waals surface area contributed by atoms with Crippen molar-refractivity contribution in [2.24, 2.45) is 5.73 Å². The molecule has 0 saturated carbocycles. The molecule has 2 aromatic carbocycles. The van der Waals surface area contributed by atoms with Gasteiger partial charge in [-0.3, -0.25) is 4.90 Å². The monoisotopic (exact) mass is 366 g/mol. The number of carbonyl (C=O) groups is 1. The van der Waals surface area contributed by atoms with E-state index in [1.807, 2.05) is 66.0 Å². The molecule has 1 heterocycles. The highest BCUT2D eigenvalue weighted by molar-refractivity contribution is 7.10. The predicted molar refractivity (Wildman–Crippen MR) is 108 cm³/mol. The van der Waals surface area contributed by atoms with Crippen LogP contribution in [0.15, 0.2) is 66.0 Å². The van der Waals surface area contributed by atoms with Crippen molar-refractivity contribution in [1.82, 2.24) is 0 Å². The smallest absolute Gasteiger partial charge is 0.323 e. The number of benzene rings is 2. The maximum Gasteiger partial charge on any atom is 0.323 e. The predicted octanol–water partition coefficient (Wildman–Crippen LogP) is 6.05. The second kappa shape index (κ2) is 7.22. The van der Waals surface area contributed by atoms with Crippen molar-refractivity contribution in [2.45, 2.75) is 26.2 Å². The van der Waals surface area contributed by atoms with Crippen LogP contribution in [-0.2, 0) is 5.41 Å². The Kier molecular flexibility index (Phi) is 5.00. The van der Waals surface area contributed by atoms with Crippen LogP contribution in [-0.4, -0.2) is 6.03 Å². The number of thiophene rings is 1. The number of para-hydroxylation sites is 1. The standard InChI is InChI=1S/C21H22N2O2S/c1-21(2,3)19-13-16(14-26-19)23(20(22)24)15-9-11-18(12-10-15)25-17-7-5-4-6-8-17/h4-14H,1-3H3,(H2,22,24). The Bertz CT molecular complexity index is 880. The van der Waals surface area contributed by atoms with E-state index in [1.54, 1.807) is 11.3 Å². The summed E-state index contributed by atoms with van der Waals surface area (Å²) in [7, 11) is 0. The van der Waals surface area contributed by atoms with Crippen LogP contribution in [0.25, 0.3) is 0 Å².